The van der Waals surface area contributed by atoms with Crippen LogP contribution in [-0.4, -0.2) is 194 Å². The van der Waals surface area contributed by atoms with E-state index in [1.54, 1.807) is 12.1 Å². The average molecular weight is 1120 g/mol. The SMILES string of the molecule is CN1CCN(CC(=O)O)CCN(CC(=O)CCCCC[C@H](CC(=O)[C@H](CCCN=C(N)N)NC(=O)[C@H](CCCN=C(N)N)CC(=O)CC[C@H](NC(=O)c2ccc(NCc3cnc4nc(N)[nH]c(=O)c4n3)cc2)C(=O)O)C(=O)O)CC1. The second-order valence-electron chi connectivity index (χ2n) is 19.8. The molecule has 0 aliphatic carbocycles. The number of aromatic amines is 1. The van der Waals surface area contributed by atoms with Gasteiger partial charge in [-0.15, -0.1) is 0 Å². The van der Waals surface area contributed by atoms with Crippen molar-refractivity contribution in [2.75, 3.05) is 83.5 Å². The Labute approximate surface area is 462 Å². The number of Topliss-reactive ketones (excluding diaryl/α,β-unsaturated/α-hetero) is 3. The summed E-state index contributed by atoms with van der Waals surface area (Å²) in [6.07, 6.45) is 2.27. The number of unbranched alkanes of at least 4 members (excludes halogenated alkanes) is 2. The number of amides is 2. The minimum absolute atomic E-state index is 0.00348. The molecule has 2 aromatic heterocycles. The van der Waals surface area contributed by atoms with Gasteiger partial charge in [0, 0.05) is 95.2 Å². The van der Waals surface area contributed by atoms with Crippen LogP contribution in [0.3, 0.4) is 0 Å². The summed E-state index contributed by atoms with van der Waals surface area (Å²) in [4.78, 5) is 145. The number of carbonyl (C=O) groups excluding carboxylic acids is 5. The van der Waals surface area contributed by atoms with Gasteiger partial charge in [0.15, 0.2) is 28.9 Å². The Kier molecular flexibility index (Phi) is 26.8. The van der Waals surface area contributed by atoms with E-state index >= 15 is 0 Å². The minimum atomic E-state index is -1.50. The number of benzene rings is 1. The number of carboxylic acid groups (broad SMARTS) is 3. The van der Waals surface area contributed by atoms with E-state index in [-0.39, 0.29) is 131 Å². The zero-order valence-corrected chi connectivity index (χ0v) is 45.1. The Morgan fingerprint density at radius 2 is 1.31 bits per heavy atom. The molecule has 29 heteroatoms. The summed E-state index contributed by atoms with van der Waals surface area (Å²) >= 11 is 0. The van der Waals surface area contributed by atoms with E-state index in [1.807, 2.05) is 16.8 Å². The van der Waals surface area contributed by atoms with Gasteiger partial charge in [-0.05, 0) is 76.3 Å². The predicted octanol–water partition coefficient (Wildman–Crippen LogP) is -1.15. The van der Waals surface area contributed by atoms with Crippen molar-refractivity contribution in [2.24, 2.45) is 44.8 Å². The molecule has 1 aromatic carbocycles. The molecule has 17 N–H and O–H groups in total. The number of guanidine groups is 2. The first-order valence-corrected chi connectivity index (χ1v) is 26.5. The van der Waals surface area contributed by atoms with Crippen molar-refractivity contribution in [1.29, 1.82) is 0 Å². The molecule has 1 fully saturated rings. The van der Waals surface area contributed by atoms with E-state index in [4.69, 9.17) is 28.7 Å². The van der Waals surface area contributed by atoms with Crippen LogP contribution in [0.15, 0.2) is 45.2 Å². The van der Waals surface area contributed by atoms with Crippen LogP contribution in [0.25, 0.3) is 11.2 Å². The summed E-state index contributed by atoms with van der Waals surface area (Å²) in [7, 11) is 1.95. The number of ketones is 3. The lowest BCUT2D eigenvalue weighted by Gasteiger charge is -2.24. The van der Waals surface area contributed by atoms with E-state index in [0.717, 1.165) is 6.54 Å². The van der Waals surface area contributed by atoms with E-state index in [0.29, 0.717) is 63.4 Å². The Hall–Kier alpha value is -8.18. The molecule has 1 saturated heterocycles. The van der Waals surface area contributed by atoms with E-state index in [2.05, 4.69) is 50.8 Å². The molecule has 29 nitrogen and oxygen atoms in total. The third kappa shape index (κ3) is 23.8. The second kappa shape index (κ2) is 33.3. The number of aromatic nitrogens is 4. The van der Waals surface area contributed by atoms with Gasteiger partial charge in [-0.1, -0.05) is 12.8 Å². The Morgan fingerprint density at radius 3 is 1.94 bits per heavy atom. The number of likely N-dealkylation sites (N-methyl/N-ethyl adjacent to an activating group) is 1. The molecule has 0 saturated carbocycles. The number of nitrogens with one attached hydrogen (secondary N) is 4. The topological polar surface area (TPSA) is 469 Å². The largest absolute Gasteiger partial charge is 0.481 e. The Bertz CT molecular complexity index is 2710. The van der Waals surface area contributed by atoms with Gasteiger partial charge in [-0.3, -0.25) is 63.1 Å². The molecule has 0 spiro atoms. The Morgan fingerprint density at radius 1 is 0.688 bits per heavy atom. The number of anilines is 2. The second-order valence-corrected chi connectivity index (χ2v) is 19.8. The van der Waals surface area contributed by atoms with Gasteiger partial charge in [0.05, 0.1) is 43.5 Å². The highest BCUT2D eigenvalue weighted by Crippen LogP contribution is 2.21. The van der Waals surface area contributed by atoms with Crippen LogP contribution < -0.4 is 50.2 Å². The van der Waals surface area contributed by atoms with Crippen LogP contribution in [-0.2, 0) is 40.1 Å². The highest BCUT2D eigenvalue weighted by molar-refractivity contribution is 5.97. The molecule has 1 aliphatic heterocycles. The quantitative estimate of drug-likeness (QED) is 0.0188. The fourth-order valence-corrected chi connectivity index (χ4v) is 8.81. The predicted molar refractivity (Wildman–Crippen MR) is 296 cm³/mol. The van der Waals surface area contributed by atoms with Gasteiger partial charge in [0.1, 0.15) is 17.6 Å². The van der Waals surface area contributed by atoms with Crippen LogP contribution in [0.2, 0.25) is 0 Å². The molecule has 1 aliphatic rings. The summed E-state index contributed by atoms with van der Waals surface area (Å²) in [5.74, 6) is -8.69. The van der Waals surface area contributed by atoms with Crippen molar-refractivity contribution in [3.05, 3.63) is 52.1 Å². The smallest absolute Gasteiger partial charge is 0.326 e. The van der Waals surface area contributed by atoms with Crippen molar-refractivity contribution in [2.45, 2.75) is 102 Å². The number of nitrogen functional groups attached to an aromatic ring is 1. The maximum absolute atomic E-state index is 14.1. The average Bonchev–Trinajstić information content (AvgIpc) is 3.47. The molecular formula is C51H77N17O12. The fourth-order valence-electron chi connectivity index (χ4n) is 8.81. The third-order valence-corrected chi connectivity index (χ3v) is 13.3. The van der Waals surface area contributed by atoms with Crippen molar-refractivity contribution in [3.63, 3.8) is 0 Å². The lowest BCUT2D eigenvalue weighted by molar-refractivity contribution is -0.144. The zero-order valence-electron chi connectivity index (χ0n) is 45.1. The maximum atomic E-state index is 14.1. The molecule has 3 heterocycles. The van der Waals surface area contributed by atoms with Gasteiger partial charge < -0.3 is 64.8 Å². The minimum Gasteiger partial charge on any atom is -0.481 e. The van der Waals surface area contributed by atoms with Crippen molar-refractivity contribution in [3.8, 4) is 0 Å². The highest BCUT2D eigenvalue weighted by atomic mass is 16.4. The fraction of sp³-hybridized carbons (Fsp3) is 0.569. The number of hydrogen-bond acceptors (Lipinski definition) is 19. The molecule has 3 aromatic rings. The van der Waals surface area contributed by atoms with E-state index in [9.17, 15) is 58.5 Å². The summed E-state index contributed by atoms with van der Waals surface area (Å²) in [5.41, 5.74) is 28.1. The molecule has 438 valence electrons. The first kappa shape index (κ1) is 64.3. The zero-order chi connectivity index (χ0) is 58.7. The normalized spacial score (nSPS) is 14.9. The number of carboxylic acids is 3. The lowest BCUT2D eigenvalue weighted by atomic mass is 9.90. The summed E-state index contributed by atoms with van der Waals surface area (Å²) in [6.45, 7) is 4.21. The number of aliphatic carboxylic acids is 3. The van der Waals surface area contributed by atoms with E-state index in [1.165, 1.54) is 18.3 Å². The molecule has 80 heavy (non-hydrogen) atoms. The van der Waals surface area contributed by atoms with Crippen molar-refractivity contribution < 1.29 is 53.7 Å². The van der Waals surface area contributed by atoms with Crippen LogP contribution in [0.4, 0.5) is 11.6 Å². The first-order valence-electron chi connectivity index (χ1n) is 26.5. The molecule has 0 radical (unpaired) electrons. The molecule has 2 amide bonds. The summed E-state index contributed by atoms with van der Waals surface area (Å²) < 4.78 is 0. The van der Waals surface area contributed by atoms with Crippen molar-refractivity contribution >= 4 is 81.8 Å². The first-order chi connectivity index (χ1) is 38.1. The van der Waals surface area contributed by atoms with Crippen LogP contribution in [0.5, 0.6) is 0 Å². The van der Waals surface area contributed by atoms with Crippen LogP contribution in [0.1, 0.15) is 99.5 Å². The monoisotopic (exact) mass is 1120 g/mol. The van der Waals surface area contributed by atoms with Crippen molar-refractivity contribution in [1.82, 2.24) is 45.3 Å². The molecule has 4 atom stereocenters. The number of H-pyrrole nitrogens is 1. The molecule has 0 bridgehead atoms. The number of carbonyl (C=O) groups is 8. The van der Waals surface area contributed by atoms with Gasteiger partial charge in [0.2, 0.25) is 11.9 Å². The number of aliphatic imine (C=N–C) groups is 2. The number of hydrogen-bond donors (Lipinski definition) is 12. The highest BCUT2D eigenvalue weighted by Gasteiger charge is 2.31. The van der Waals surface area contributed by atoms with E-state index < -0.39 is 77.2 Å². The number of nitrogens with zero attached hydrogens (tertiary/aromatic N) is 8. The van der Waals surface area contributed by atoms with Gasteiger partial charge in [-0.25, -0.2) is 14.8 Å². The van der Waals surface area contributed by atoms with Gasteiger partial charge in [0.25, 0.3) is 11.5 Å². The maximum Gasteiger partial charge on any atom is 0.326 e. The molecule has 4 rings (SSSR count). The van der Waals surface area contributed by atoms with Crippen LogP contribution in [0, 0.1) is 11.8 Å². The lowest BCUT2D eigenvalue weighted by Crippen LogP contribution is -2.45. The molecule has 0 unspecified atom stereocenters. The summed E-state index contributed by atoms with van der Waals surface area (Å²) in [5, 5.41) is 37.7. The molecular weight excluding hydrogens is 1040 g/mol. The summed E-state index contributed by atoms with van der Waals surface area (Å²) in [6, 6.07) is 3.34. The third-order valence-electron chi connectivity index (χ3n) is 13.3. The Balaban J connectivity index is 1.33. The number of rotatable bonds is 35. The van der Waals surface area contributed by atoms with Crippen LogP contribution >= 0.6 is 0 Å². The number of fused-ring (bicyclic) bond motifs is 1. The van der Waals surface area contributed by atoms with Gasteiger partial charge >= 0.3 is 17.9 Å². The van der Waals surface area contributed by atoms with Gasteiger partial charge in [-0.2, -0.15) is 4.98 Å². The standard InChI is InChI=1S/C51H77N17O12/c1-66-19-21-67(23-24-68(22-20-66)30-41(72)73)29-37(70)9-4-2-3-7-33(47(77)78)26-40(71)38(10-6-18-58-50(54)55)62-45(75)32(8-5-17-57-49(52)53)25-36(69)15-16-39(48(79)80)63-44(74)31-11-13-34(14-12-31)59-27-35-28-60-43-42(61-35)46(76)65-51(56)64-43/h11-14,28,32-33,38-39,59H,2-10,15-27,29-30H2,1H3,(H,62,75)(H,63,74)(H,72,73)(H,77,78)(H,79,80)(H4,52,53,57)(H4,54,55,58)(H3,56,60,64,65,76)/t32-,33-,38+,39+/m1/s1. The number of nitrogens with two attached hydrogens (primary N) is 5.